The van der Waals surface area contributed by atoms with Crippen LogP contribution in [0.3, 0.4) is 0 Å². The molecule has 0 fully saturated rings. The van der Waals surface area contributed by atoms with E-state index in [9.17, 15) is 0 Å². The predicted octanol–water partition coefficient (Wildman–Crippen LogP) is 6.16. The Kier molecular flexibility index (Phi) is 3.36. The third kappa shape index (κ3) is 2.16. The van der Waals surface area contributed by atoms with Crippen molar-refractivity contribution in [3.05, 3.63) is 91.3 Å². The molecule has 0 bridgehead atoms. The summed E-state index contributed by atoms with van der Waals surface area (Å²) in [5.74, 6) is 0. The average Bonchev–Trinajstić information content (AvgIpc) is 2.76. The van der Waals surface area contributed by atoms with Crippen molar-refractivity contribution in [2.45, 2.75) is 0 Å². The minimum atomic E-state index is 1.11. The molecule has 0 saturated carbocycles. The minimum Gasteiger partial charge on any atom is -0.342 e. The molecule has 124 valence electrons. The number of nitrogens with zero attached hydrogens (tertiary/aromatic N) is 2. The topological polar surface area (TPSA) is 17.8 Å². The molecule has 0 N–H and O–H groups in total. The first-order valence-electron chi connectivity index (χ1n) is 8.80. The van der Waals surface area contributed by atoms with Crippen LogP contribution in [0, 0.1) is 0 Å². The zero-order valence-electron chi connectivity index (χ0n) is 14.6. The second-order valence-electron chi connectivity index (χ2n) is 6.56. The maximum absolute atomic E-state index is 4.40. The highest BCUT2D eigenvalue weighted by molar-refractivity contribution is 6.18. The molecule has 2 heteroatoms. The Labute approximate surface area is 151 Å². The van der Waals surface area contributed by atoms with Crippen LogP contribution < -0.4 is 0 Å². The van der Waals surface area contributed by atoms with Crippen molar-refractivity contribution >= 4 is 43.4 Å². The first-order chi connectivity index (χ1) is 12.8. The summed E-state index contributed by atoms with van der Waals surface area (Å²) < 4.78 is 2.25. The van der Waals surface area contributed by atoms with Gasteiger partial charge in [-0.3, -0.25) is 4.98 Å². The number of aromatic nitrogens is 2. The first-order valence-corrected chi connectivity index (χ1v) is 8.80. The van der Waals surface area contributed by atoms with Gasteiger partial charge in [-0.15, -0.1) is 0 Å². The molecule has 0 spiro atoms. The number of hydrogen-bond acceptors (Lipinski definition) is 1. The lowest BCUT2D eigenvalue weighted by Gasteiger charge is -2.06. The molecular weight excluding hydrogens is 316 g/mol. The second kappa shape index (κ2) is 5.85. The zero-order valence-corrected chi connectivity index (χ0v) is 14.6. The Morgan fingerprint density at radius 2 is 1.00 bits per heavy atom. The van der Waals surface area contributed by atoms with E-state index in [1.165, 1.54) is 37.8 Å². The van der Waals surface area contributed by atoms with Crippen LogP contribution in [-0.2, 0) is 7.05 Å². The number of hydrogen-bond donors (Lipinski definition) is 0. The number of rotatable bonds is 0. The van der Waals surface area contributed by atoms with Crippen molar-refractivity contribution in [3.63, 3.8) is 0 Å². The van der Waals surface area contributed by atoms with E-state index in [4.69, 9.17) is 0 Å². The lowest BCUT2D eigenvalue weighted by molar-refractivity contribution is 1.00. The molecule has 0 radical (unpaired) electrons. The van der Waals surface area contributed by atoms with Crippen LogP contribution >= 0.6 is 0 Å². The lowest BCUT2D eigenvalue weighted by atomic mass is 10.0. The molecule has 5 rings (SSSR count). The van der Waals surface area contributed by atoms with Crippen molar-refractivity contribution < 1.29 is 0 Å². The number of pyridine rings is 1. The molecule has 0 aliphatic heterocycles. The molecule has 2 aromatic heterocycles. The highest BCUT2D eigenvalue weighted by Crippen LogP contribution is 2.31. The van der Waals surface area contributed by atoms with Crippen molar-refractivity contribution in [2.24, 2.45) is 7.05 Å². The Morgan fingerprint density at radius 3 is 1.62 bits per heavy atom. The van der Waals surface area contributed by atoms with Crippen LogP contribution in [0.1, 0.15) is 0 Å². The van der Waals surface area contributed by atoms with Crippen LogP contribution in [0.5, 0.6) is 0 Å². The van der Waals surface area contributed by atoms with E-state index in [0.717, 1.165) is 5.52 Å². The summed E-state index contributed by atoms with van der Waals surface area (Å²) in [6.45, 7) is 0. The summed E-state index contributed by atoms with van der Waals surface area (Å²) in [6.07, 6.45) is 3.83. The number of para-hydroxylation sites is 1. The first kappa shape index (κ1) is 14.9. The van der Waals surface area contributed by atoms with Gasteiger partial charge >= 0.3 is 0 Å². The molecular formula is C24H18N2. The van der Waals surface area contributed by atoms with Gasteiger partial charge in [0.05, 0.1) is 11.7 Å². The minimum absolute atomic E-state index is 1.11. The SMILES string of the molecule is Cn1c2ccccc2c2ccccc2c2ccccc2c2ccncc21. The van der Waals surface area contributed by atoms with Crippen molar-refractivity contribution in [1.29, 1.82) is 0 Å². The van der Waals surface area contributed by atoms with Gasteiger partial charge in [-0.1, -0.05) is 66.7 Å². The van der Waals surface area contributed by atoms with Gasteiger partial charge in [0.15, 0.2) is 0 Å². The maximum Gasteiger partial charge on any atom is 0.0674 e. The Balaban J connectivity index is 2.31. The average molecular weight is 334 g/mol. The van der Waals surface area contributed by atoms with Gasteiger partial charge < -0.3 is 4.57 Å². The molecule has 0 amide bonds. The van der Waals surface area contributed by atoms with Gasteiger partial charge in [0.2, 0.25) is 0 Å². The van der Waals surface area contributed by atoms with Gasteiger partial charge in [-0.2, -0.15) is 0 Å². The fourth-order valence-corrected chi connectivity index (χ4v) is 3.91. The number of fused-ring (bicyclic) bond motifs is 7. The van der Waals surface area contributed by atoms with Crippen molar-refractivity contribution in [3.8, 4) is 0 Å². The maximum atomic E-state index is 4.40. The van der Waals surface area contributed by atoms with Crippen molar-refractivity contribution in [2.75, 3.05) is 0 Å². The monoisotopic (exact) mass is 334 g/mol. The van der Waals surface area contributed by atoms with Gasteiger partial charge in [0, 0.05) is 29.5 Å². The van der Waals surface area contributed by atoms with Crippen LogP contribution in [0.15, 0.2) is 91.3 Å². The van der Waals surface area contributed by atoms with E-state index < -0.39 is 0 Å². The summed E-state index contributed by atoms with van der Waals surface area (Å²) in [6, 6.07) is 28.0. The quantitative estimate of drug-likeness (QED) is 0.332. The predicted molar refractivity (Wildman–Crippen MR) is 111 cm³/mol. The molecule has 5 aromatic rings. The van der Waals surface area contributed by atoms with E-state index >= 15 is 0 Å². The van der Waals surface area contributed by atoms with Crippen LogP contribution in [0.2, 0.25) is 0 Å². The third-order valence-corrected chi connectivity index (χ3v) is 5.15. The highest BCUT2D eigenvalue weighted by atomic mass is 14.9. The van der Waals surface area contributed by atoms with E-state index in [-0.39, 0.29) is 0 Å². The van der Waals surface area contributed by atoms with Crippen LogP contribution in [0.25, 0.3) is 43.4 Å². The molecule has 0 saturated heterocycles. The Morgan fingerprint density at radius 1 is 0.538 bits per heavy atom. The molecule has 3 aromatic carbocycles. The smallest absolute Gasteiger partial charge is 0.0674 e. The molecule has 0 atom stereocenters. The Hall–Kier alpha value is -3.39. The third-order valence-electron chi connectivity index (χ3n) is 5.15. The zero-order chi connectivity index (χ0) is 17.5. The lowest BCUT2D eigenvalue weighted by Crippen LogP contribution is -1.93. The van der Waals surface area contributed by atoms with E-state index in [1.807, 2.05) is 12.4 Å². The number of benzene rings is 3. The summed E-state index contributed by atoms with van der Waals surface area (Å²) in [5, 5.41) is 7.43. The van der Waals surface area contributed by atoms with E-state index in [2.05, 4.69) is 95.5 Å². The van der Waals surface area contributed by atoms with Gasteiger partial charge in [0.1, 0.15) is 0 Å². The Bertz CT molecular complexity index is 1240. The van der Waals surface area contributed by atoms with E-state index in [0.29, 0.717) is 0 Å². The molecule has 2 heterocycles. The summed E-state index contributed by atoms with van der Waals surface area (Å²) >= 11 is 0. The second-order valence-corrected chi connectivity index (χ2v) is 6.56. The van der Waals surface area contributed by atoms with Crippen molar-refractivity contribution in [1.82, 2.24) is 9.55 Å². The van der Waals surface area contributed by atoms with Gasteiger partial charge in [-0.25, -0.2) is 0 Å². The highest BCUT2D eigenvalue weighted by Gasteiger charge is 2.06. The van der Waals surface area contributed by atoms with Gasteiger partial charge in [0.25, 0.3) is 0 Å². The molecule has 0 aliphatic carbocycles. The standard InChI is InChI=1S/C24H18N2/c1-26-23-13-7-6-12-21(23)19-10-4-2-8-17(19)18-9-3-5-11-20(18)22-14-15-25-16-24(22)26/h2-16H,1H3. The summed E-state index contributed by atoms with van der Waals surface area (Å²) in [4.78, 5) is 4.40. The van der Waals surface area contributed by atoms with E-state index in [1.54, 1.807) is 0 Å². The molecule has 0 aliphatic rings. The normalized spacial score (nSPS) is 11.3. The van der Waals surface area contributed by atoms with Crippen LogP contribution in [-0.4, -0.2) is 9.55 Å². The summed E-state index contributed by atoms with van der Waals surface area (Å²) in [7, 11) is 2.12. The number of aryl methyl sites for hydroxylation is 1. The molecule has 2 nitrogen and oxygen atoms in total. The van der Waals surface area contributed by atoms with Gasteiger partial charge in [-0.05, 0) is 33.7 Å². The molecule has 0 unspecified atom stereocenters. The fourth-order valence-electron chi connectivity index (χ4n) is 3.91. The largest absolute Gasteiger partial charge is 0.342 e. The van der Waals surface area contributed by atoms with Crippen LogP contribution in [0.4, 0.5) is 0 Å². The fraction of sp³-hybridized carbons (Fsp3) is 0.0417. The summed E-state index contributed by atoms with van der Waals surface area (Å²) in [5.41, 5.74) is 2.29. The molecule has 26 heavy (non-hydrogen) atoms.